The fourth-order valence-corrected chi connectivity index (χ4v) is 2.89. The van der Waals surface area contributed by atoms with Crippen LogP contribution in [0.15, 0.2) is 22.7 Å². The summed E-state index contributed by atoms with van der Waals surface area (Å²) in [7, 11) is 0. The average Bonchev–Trinajstić information content (AvgIpc) is 2.60. The molecule has 0 amide bonds. The number of carbonyl (C=O) groups is 1. The van der Waals surface area contributed by atoms with E-state index in [1.165, 1.54) is 0 Å². The molecule has 0 unspecified atom stereocenters. The van der Waals surface area contributed by atoms with Crippen LogP contribution >= 0.6 is 15.9 Å². The van der Waals surface area contributed by atoms with Crippen molar-refractivity contribution in [1.82, 2.24) is 4.57 Å². The Kier molecular flexibility index (Phi) is 3.99. The molecular formula is C15H18BrNO2. The number of esters is 1. The lowest BCUT2D eigenvalue weighted by atomic mass is 10.1. The van der Waals surface area contributed by atoms with Crippen molar-refractivity contribution in [1.29, 1.82) is 0 Å². The SMILES string of the molecule is CCOC(=O)c1c(C)n(C(C)C)c2cc(Br)ccc12. The number of nitrogens with zero attached hydrogens (tertiary/aromatic N) is 1. The normalized spacial score (nSPS) is 11.3. The van der Waals surface area contributed by atoms with E-state index in [4.69, 9.17) is 4.74 Å². The predicted octanol–water partition coefficient (Wildman–Crippen LogP) is 4.47. The van der Waals surface area contributed by atoms with Crippen molar-refractivity contribution >= 4 is 32.8 Å². The number of hydrogen-bond acceptors (Lipinski definition) is 2. The fourth-order valence-electron chi connectivity index (χ4n) is 2.54. The van der Waals surface area contributed by atoms with Gasteiger partial charge in [0.25, 0.3) is 0 Å². The molecule has 102 valence electrons. The minimum absolute atomic E-state index is 0.244. The maximum Gasteiger partial charge on any atom is 0.340 e. The van der Waals surface area contributed by atoms with E-state index in [0.29, 0.717) is 18.2 Å². The Morgan fingerprint density at radius 2 is 2.11 bits per heavy atom. The van der Waals surface area contributed by atoms with Gasteiger partial charge in [0.2, 0.25) is 0 Å². The van der Waals surface area contributed by atoms with Crippen LogP contribution in [-0.4, -0.2) is 17.1 Å². The van der Waals surface area contributed by atoms with Crippen LogP contribution < -0.4 is 0 Å². The predicted molar refractivity (Wildman–Crippen MR) is 80.7 cm³/mol. The zero-order valence-electron chi connectivity index (χ0n) is 11.7. The van der Waals surface area contributed by atoms with Gasteiger partial charge in [0.15, 0.2) is 0 Å². The summed E-state index contributed by atoms with van der Waals surface area (Å²) < 4.78 is 8.36. The van der Waals surface area contributed by atoms with E-state index in [1.54, 1.807) is 0 Å². The van der Waals surface area contributed by atoms with Crippen molar-refractivity contribution < 1.29 is 9.53 Å². The highest BCUT2D eigenvalue weighted by Crippen LogP contribution is 2.31. The van der Waals surface area contributed by atoms with Crippen molar-refractivity contribution in [2.24, 2.45) is 0 Å². The van der Waals surface area contributed by atoms with E-state index in [9.17, 15) is 4.79 Å². The van der Waals surface area contributed by atoms with Crippen molar-refractivity contribution in [3.05, 3.63) is 33.9 Å². The number of rotatable bonds is 3. The summed E-state index contributed by atoms with van der Waals surface area (Å²) in [5, 5.41) is 0.952. The van der Waals surface area contributed by atoms with E-state index in [1.807, 2.05) is 32.0 Å². The molecule has 0 aliphatic rings. The van der Waals surface area contributed by atoms with Crippen LogP contribution in [0.1, 0.15) is 42.9 Å². The highest BCUT2D eigenvalue weighted by Gasteiger charge is 2.22. The van der Waals surface area contributed by atoms with Gasteiger partial charge in [-0.05, 0) is 39.8 Å². The quantitative estimate of drug-likeness (QED) is 0.780. The first-order chi connectivity index (χ1) is 8.97. The van der Waals surface area contributed by atoms with E-state index < -0.39 is 0 Å². The molecule has 2 aromatic rings. The van der Waals surface area contributed by atoms with E-state index in [0.717, 1.165) is 21.1 Å². The number of hydrogen-bond donors (Lipinski definition) is 0. The number of aromatic nitrogens is 1. The molecule has 0 N–H and O–H groups in total. The molecule has 0 aliphatic heterocycles. The second kappa shape index (κ2) is 5.37. The van der Waals surface area contributed by atoms with Crippen LogP contribution in [0.25, 0.3) is 10.9 Å². The molecule has 0 saturated carbocycles. The molecule has 1 aromatic heterocycles. The molecule has 2 rings (SSSR count). The van der Waals surface area contributed by atoms with Crippen LogP contribution in [-0.2, 0) is 4.74 Å². The molecule has 1 aromatic carbocycles. The Labute approximate surface area is 121 Å². The maximum atomic E-state index is 12.2. The molecule has 3 nitrogen and oxygen atoms in total. The Balaban J connectivity index is 2.77. The number of benzene rings is 1. The molecule has 0 saturated heterocycles. The summed E-state index contributed by atoms with van der Waals surface area (Å²) in [6.45, 7) is 8.42. The van der Waals surface area contributed by atoms with Gasteiger partial charge < -0.3 is 9.30 Å². The van der Waals surface area contributed by atoms with Gasteiger partial charge in [-0.3, -0.25) is 0 Å². The average molecular weight is 324 g/mol. The zero-order valence-corrected chi connectivity index (χ0v) is 13.2. The molecule has 0 bridgehead atoms. The second-order valence-corrected chi connectivity index (χ2v) is 5.72. The second-order valence-electron chi connectivity index (χ2n) is 4.81. The Hall–Kier alpha value is -1.29. The van der Waals surface area contributed by atoms with Crippen molar-refractivity contribution in [2.45, 2.75) is 33.7 Å². The lowest BCUT2D eigenvalue weighted by molar-refractivity contribution is 0.0527. The van der Waals surface area contributed by atoms with Gasteiger partial charge in [0, 0.05) is 21.6 Å². The summed E-state index contributed by atoms with van der Waals surface area (Å²) in [5.41, 5.74) is 2.70. The van der Waals surface area contributed by atoms with Gasteiger partial charge in [-0.2, -0.15) is 0 Å². The zero-order chi connectivity index (χ0) is 14.2. The van der Waals surface area contributed by atoms with E-state index in [2.05, 4.69) is 34.3 Å². The highest BCUT2D eigenvalue weighted by atomic mass is 79.9. The van der Waals surface area contributed by atoms with Gasteiger partial charge in [-0.1, -0.05) is 22.0 Å². The lowest BCUT2D eigenvalue weighted by Gasteiger charge is -2.12. The van der Waals surface area contributed by atoms with Gasteiger partial charge in [-0.25, -0.2) is 4.79 Å². The van der Waals surface area contributed by atoms with Crippen LogP contribution in [0.5, 0.6) is 0 Å². The first kappa shape index (κ1) is 14.1. The number of ether oxygens (including phenoxy) is 1. The van der Waals surface area contributed by atoms with Crippen molar-refractivity contribution in [3.8, 4) is 0 Å². The molecule has 19 heavy (non-hydrogen) atoms. The molecular weight excluding hydrogens is 306 g/mol. The van der Waals surface area contributed by atoms with Crippen molar-refractivity contribution in [2.75, 3.05) is 6.61 Å². The van der Waals surface area contributed by atoms with E-state index in [-0.39, 0.29) is 5.97 Å². The Morgan fingerprint density at radius 1 is 1.42 bits per heavy atom. The molecule has 0 spiro atoms. The first-order valence-electron chi connectivity index (χ1n) is 6.44. The first-order valence-corrected chi connectivity index (χ1v) is 7.23. The van der Waals surface area contributed by atoms with Crippen LogP contribution in [0.3, 0.4) is 0 Å². The standard InChI is InChI=1S/C15H18BrNO2/c1-5-19-15(18)14-10(4)17(9(2)3)13-8-11(16)6-7-12(13)14/h6-9H,5H2,1-4H3. The summed E-state index contributed by atoms with van der Waals surface area (Å²) >= 11 is 3.49. The fraction of sp³-hybridized carbons (Fsp3) is 0.400. The highest BCUT2D eigenvalue weighted by molar-refractivity contribution is 9.10. The largest absolute Gasteiger partial charge is 0.462 e. The van der Waals surface area contributed by atoms with Gasteiger partial charge >= 0.3 is 5.97 Å². The lowest BCUT2D eigenvalue weighted by Crippen LogP contribution is -2.08. The smallest absolute Gasteiger partial charge is 0.340 e. The molecule has 0 atom stereocenters. The van der Waals surface area contributed by atoms with Gasteiger partial charge in [0.1, 0.15) is 0 Å². The van der Waals surface area contributed by atoms with Gasteiger partial charge in [0.05, 0.1) is 17.7 Å². The number of halogens is 1. The summed E-state index contributed by atoms with van der Waals surface area (Å²) in [6.07, 6.45) is 0. The summed E-state index contributed by atoms with van der Waals surface area (Å²) in [4.78, 5) is 12.2. The van der Waals surface area contributed by atoms with E-state index >= 15 is 0 Å². The third kappa shape index (κ3) is 2.41. The molecule has 0 radical (unpaired) electrons. The third-order valence-corrected chi connectivity index (χ3v) is 3.70. The monoisotopic (exact) mass is 323 g/mol. The van der Waals surface area contributed by atoms with Crippen LogP contribution in [0.4, 0.5) is 0 Å². The number of carbonyl (C=O) groups excluding carboxylic acids is 1. The molecule has 1 heterocycles. The van der Waals surface area contributed by atoms with Gasteiger partial charge in [-0.15, -0.1) is 0 Å². The van der Waals surface area contributed by atoms with Crippen LogP contribution in [0.2, 0.25) is 0 Å². The third-order valence-electron chi connectivity index (χ3n) is 3.21. The minimum Gasteiger partial charge on any atom is -0.462 e. The minimum atomic E-state index is -0.244. The Morgan fingerprint density at radius 3 is 2.68 bits per heavy atom. The molecule has 0 aliphatic carbocycles. The molecule has 0 fully saturated rings. The maximum absolute atomic E-state index is 12.2. The summed E-state index contributed by atoms with van der Waals surface area (Å²) in [6, 6.07) is 6.26. The van der Waals surface area contributed by atoms with Crippen molar-refractivity contribution in [3.63, 3.8) is 0 Å². The topological polar surface area (TPSA) is 31.2 Å². The Bertz CT molecular complexity index is 629. The number of fused-ring (bicyclic) bond motifs is 1. The molecule has 4 heteroatoms. The van der Waals surface area contributed by atoms with Crippen LogP contribution in [0, 0.1) is 6.92 Å². The summed E-state index contributed by atoms with van der Waals surface area (Å²) in [5.74, 6) is -0.244.